The van der Waals surface area contributed by atoms with Crippen molar-refractivity contribution in [3.63, 3.8) is 0 Å². The van der Waals surface area contributed by atoms with Crippen molar-refractivity contribution in [2.24, 2.45) is 0 Å². The van der Waals surface area contributed by atoms with E-state index >= 15 is 0 Å². The highest BCUT2D eigenvalue weighted by Crippen LogP contribution is 2.63. The van der Waals surface area contributed by atoms with Gasteiger partial charge in [-0.2, -0.15) is 0 Å². The Labute approximate surface area is 347 Å². The first kappa shape index (κ1) is 35.0. The summed E-state index contributed by atoms with van der Waals surface area (Å²) in [6, 6.07) is 82.9. The van der Waals surface area contributed by atoms with E-state index in [1.165, 1.54) is 77.9 Å². The molecule has 59 heavy (non-hydrogen) atoms. The third-order valence-corrected chi connectivity index (χ3v) is 13.0. The van der Waals surface area contributed by atoms with Crippen LogP contribution in [0.1, 0.15) is 47.2 Å². The van der Waals surface area contributed by atoms with Crippen LogP contribution >= 0.6 is 0 Å². The summed E-state index contributed by atoms with van der Waals surface area (Å²) in [5.74, 6) is 0. The van der Waals surface area contributed by atoms with Gasteiger partial charge in [-0.3, -0.25) is 0 Å². The van der Waals surface area contributed by atoms with Gasteiger partial charge < -0.3 is 4.90 Å². The van der Waals surface area contributed by atoms with Gasteiger partial charge in [0.2, 0.25) is 0 Å². The fraction of sp³-hybridized carbons (Fsp3) is 0.0690. The van der Waals surface area contributed by atoms with E-state index < -0.39 is 5.41 Å². The molecule has 9 aromatic rings. The Balaban J connectivity index is 1.14. The van der Waals surface area contributed by atoms with Gasteiger partial charge in [0.1, 0.15) is 0 Å². The number of fused-ring (bicyclic) bond motifs is 9. The topological polar surface area (TPSA) is 3.24 Å². The van der Waals surface area contributed by atoms with Gasteiger partial charge in [-0.15, -0.1) is 0 Å². The fourth-order valence-corrected chi connectivity index (χ4v) is 10.2. The highest BCUT2D eigenvalue weighted by molar-refractivity contribution is 5.96. The number of rotatable bonds is 6. The number of hydrogen-bond acceptors (Lipinski definition) is 1. The van der Waals surface area contributed by atoms with E-state index in [1.807, 2.05) is 0 Å². The molecule has 0 saturated carbocycles. The Morgan fingerprint density at radius 2 is 0.712 bits per heavy atom. The van der Waals surface area contributed by atoms with Crippen LogP contribution in [0, 0.1) is 0 Å². The van der Waals surface area contributed by atoms with Gasteiger partial charge in [-0.25, -0.2) is 0 Å². The van der Waals surface area contributed by atoms with Crippen LogP contribution in [-0.2, 0) is 10.8 Å². The maximum Gasteiger partial charge on any atom is 0.0719 e. The van der Waals surface area contributed by atoms with Crippen molar-refractivity contribution in [1.29, 1.82) is 0 Å². The molecule has 0 aromatic heterocycles. The second kappa shape index (κ2) is 13.7. The van der Waals surface area contributed by atoms with Crippen molar-refractivity contribution in [3.05, 3.63) is 258 Å². The molecule has 2 aliphatic rings. The SMILES string of the molecule is CC1(C)c2ccccc2C2(c3ccccc3-c3c(-c4ccccc4)cccc32)c2ccc(N(c3ccc(-c4ccccc4)cc3)c3ccc(-c4ccccc4)cc3)cc21. The molecule has 1 unspecified atom stereocenters. The molecule has 0 bridgehead atoms. The first-order chi connectivity index (χ1) is 29.0. The standard InChI is InChI=1S/C58H43N/c1-57(2)51-26-14-15-27-52(51)58(50-25-13-12-23-49(50)56-48(24-16-28-54(56)58)44-21-10-5-11-22-44)53-38-37-47(39-55(53)57)59(45-33-29-42(30-34-45)40-17-6-3-7-18-40)46-35-31-43(32-36-46)41-19-8-4-9-20-41/h3-39H,1-2H3. The zero-order chi connectivity index (χ0) is 39.6. The molecule has 1 heteroatoms. The molecule has 0 N–H and O–H groups in total. The Morgan fingerprint density at radius 1 is 0.288 bits per heavy atom. The van der Waals surface area contributed by atoms with Gasteiger partial charge in [-0.05, 0) is 114 Å². The van der Waals surface area contributed by atoms with E-state index in [9.17, 15) is 0 Å². The molecule has 2 aliphatic carbocycles. The van der Waals surface area contributed by atoms with Crippen LogP contribution in [0.2, 0.25) is 0 Å². The largest absolute Gasteiger partial charge is 0.310 e. The van der Waals surface area contributed by atoms with Crippen LogP contribution in [0.3, 0.4) is 0 Å². The fourth-order valence-electron chi connectivity index (χ4n) is 10.2. The summed E-state index contributed by atoms with van der Waals surface area (Å²) in [6.07, 6.45) is 0. The van der Waals surface area contributed by atoms with Crippen LogP contribution in [0.5, 0.6) is 0 Å². The van der Waals surface area contributed by atoms with Crippen molar-refractivity contribution in [1.82, 2.24) is 0 Å². The highest BCUT2D eigenvalue weighted by Gasteiger charge is 2.53. The molecule has 0 aliphatic heterocycles. The molecule has 280 valence electrons. The summed E-state index contributed by atoms with van der Waals surface area (Å²) in [7, 11) is 0. The van der Waals surface area contributed by atoms with Crippen molar-refractivity contribution in [2.45, 2.75) is 24.7 Å². The van der Waals surface area contributed by atoms with E-state index in [0.29, 0.717) is 0 Å². The zero-order valence-corrected chi connectivity index (χ0v) is 33.3. The maximum atomic E-state index is 2.49. The minimum atomic E-state index is -0.490. The molecule has 1 nitrogen and oxygen atoms in total. The minimum absolute atomic E-state index is 0.276. The molecule has 0 fully saturated rings. The highest BCUT2D eigenvalue weighted by atomic mass is 15.1. The number of hydrogen-bond donors (Lipinski definition) is 0. The number of anilines is 3. The van der Waals surface area contributed by atoms with Gasteiger partial charge in [-0.1, -0.05) is 202 Å². The van der Waals surface area contributed by atoms with Crippen molar-refractivity contribution in [2.75, 3.05) is 4.90 Å². The molecule has 9 aromatic carbocycles. The van der Waals surface area contributed by atoms with E-state index in [1.54, 1.807) is 0 Å². The summed E-state index contributed by atoms with van der Waals surface area (Å²) in [5.41, 5.74) is 20.7. The molecule has 0 saturated heterocycles. The molecule has 0 heterocycles. The van der Waals surface area contributed by atoms with Crippen LogP contribution < -0.4 is 4.90 Å². The molecule has 1 atom stereocenters. The van der Waals surface area contributed by atoms with Gasteiger partial charge >= 0.3 is 0 Å². The normalized spacial score (nSPS) is 15.5. The van der Waals surface area contributed by atoms with Crippen LogP contribution in [-0.4, -0.2) is 0 Å². The van der Waals surface area contributed by atoms with Gasteiger partial charge in [0.15, 0.2) is 0 Å². The van der Waals surface area contributed by atoms with Crippen molar-refractivity contribution in [3.8, 4) is 44.5 Å². The second-order valence-corrected chi connectivity index (χ2v) is 16.5. The molecular formula is C58H43N. The molecule has 0 radical (unpaired) electrons. The lowest BCUT2D eigenvalue weighted by molar-refractivity contribution is 0.563. The number of nitrogens with zero attached hydrogens (tertiary/aromatic N) is 1. The van der Waals surface area contributed by atoms with E-state index in [4.69, 9.17) is 0 Å². The van der Waals surface area contributed by atoms with Crippen LogP contribution in [0.25, 0.3) is 44.5 Å². The second-order valence-electron chi connectivity index (χ2n) is 16.5. The summed E-state index contributed by atoms with van der Waals surface area (Å²) in [5, 5.41) is 0. The van der Waals surface area contributed by atoms with Gasteiger partial charge in [0.25, 0.3) is 0 Å². The average molecular weight is 754 g/mol. The Bertz CT molecular complexity index is 2900. The van der Waals surface area contributed by atoms with Crippen molar-refractivity contribution < 1.29 is 0 Å². The summed E-state index contributed by atoms with van der Waals surface area (Å²) >= 11 is 0. The van der Waals surface area contributed by atoms with Gasteiger partial charge in [0, 0.05) is 22.5 Å². The Kier molecular flexibility index (Phi) is 8.13. The predicted octanol–water partition coefficient (Wildman–Crippen LogP) is 15.2. The Hall–Kier alpha value is -7.22. The summed E-state index contributed by atoms with van der Waals surface area (Å²) in [4.78, 5) is 2.43. The first-order valence-electron chi connectivity index (χ1n) is 20.7. The molecule has 11 rings (SSSR count). The Morgan fingerprint density at radius 3 is 1.31 bits per heavy atom. The van der Waals surface area contributed by atoms with E-state index in [0.717, 1.165) is 17.1 Å². The lowest BCUT2D eigenvalue weighted by atomic mass is 9.55. The van der Waals surface area contributed by atoms with Crippen molar-refractivity contribution >= 4 is 17.1 Å². The van der Waals surface area contributed by atoms with E-state index in [2.05, 4.69) is 243 Å². The number of benzene rings is 9. The quantitative estimate of drug-likeness (QED) is 0.163. The summed E-state index contributed by atoms with van der Waals surface area (Å²) < 4.78 is 0. The third kappa shape index (κ3) is 5.39. The van der Waals surface area contributed by atoms with E-state index in [-0.39, 0.29) is 5.41 Å². The molecular weight excluding hydrogens is 711 g/mol. The lowest BCUT2D eigenvalue weighted by Crippen LogP contribution is -2.40. The monoisotopic (exact) mass is 753 g/mol. The smallest absolute Gasteiger partial charge is 0.0719 e. The predicted molar refractivity (Wildman–Crippen MR) is 247 cm³/mol. The molecule has 0 amide bonds. The zero-order valence-electron chi connectivity index (χ0n) is 33.3. The third-order valence-electron chi connectivity index (χ3n) is 13.0. The van der Waals surface area contributed by atoms with Gasteiger partial charge in [0.05, 0.1) is 5.41 Å². The minimum Gasteiger partial charge on any atom is -0.310 e. The first-order valence-corrected chi connectivity index (χ1v) is 20.7. The lowest BCUT2D eigenvalue weighted by Gasteiger charge is -2.47. The average Bonchev–Trinajstić information content (AvgIpc) is 3.61. The van der Waals surface area contributed by atoms with Crippen LogP contribution in [0.15, 0.2) is 224 Å². The maximum absolute atomic E-state index is 2.49. The summed E-state index contributed by atoms with van der Waals surface area (Å²) in [6.45, 7) is 4.83. The van der Waals surface area contributed by atoms with Crippen LogP contribution in [0.4, 0.5) is 17.1 Å². The molecule has 1 spiro atoms.